The predicted molar refractivity (Wildman–Crippen MR) is 125 cm³/mol. The van der Waals surface area contributed by atoms with Crippen molar-refractivity contribution >= 4 is 39.9 Å². The Labute approximate surface area is 192 Å². The van der Waals surface area contributed by atoms with Crippen molar-refractivity contribution in [2.24, 2.45) is 5.92 Å². The molecular weight excluding hydrogens is 432 g/mol. The number of rotatable bonds is 10. The lowest BCUT2D eigenvalue weighted by molar-refractivity contribution is 0.0464. The van der Waals surface area contributed by atoms with Crippen LogP contribution in [0.4, 0.5) is 10.7 Å². The SMILES string of the molecule is CCCOc1ccc(C(=O)Nc2sc(C(=O)OCC(C)C)c(C)c2C(=O)OCC)cc1N. The number of ether oxygens (including phenoxy) is 3. The third-order valence-corrected chi connectivity index (χ3v) is 5.51. The number of nitrogens with two attached hydrogens (primary N) is 1. The van der Waals surface area contributed by atoms with Crippen molar-refractivity contribution in [2.75, 3.05) is 30.9 Å². The van der Waals surface area contributed by atoms with Gasteiger partial charge in [0.15, 0.2) is 0 Å². The van der Waals surface area contributed by atoms with Gasteiger partial charge in [0, 0.05) is 5.56 Å². The number of benzene rings is 1. The summed E-state index contributed by atoms with van der Waals surface area (Å²) in [6, 6.07) is 4.71. The van der Waals surface area contributed by atoms with Gasteiger partial charge >= 0.3 is 11.9 Å². The Kier molecular flexibility index (Phi) is 9.07. The zero-order valence-electron chi connectivity index (χ0n) is 19.1. The fourth-order valence-corrected chi connectivity index (χ4v) is 3.85. The number of carbonyl (C=O) groups excluding carboxylic acids is 3. The summed E-state index contributed by atoms with van der Waals surface area (Å²) >= 11 is 0.978. The zero-order chi connectivity index (χ0) is 23.8. The summed E-state index contributed by atoms with van der Waals surface area (Å²) < 4.78 is 16.0. The molecule has 0 aliphatic carbocycles. The average Bonchev–Trinajstić information content (AvgIpc) is 3.07. The summed E-state index contributed by atoms with van der Waals surface area (Å²) in [6.07, 6.45) is 0.831. The molecule has 0 radical (unpaired) electrons. The molecule has 0 unspecified atom stereocenters. The van der Waals surface area contributed by atoms with E-state index in [0.717, 1.165) is 17.8 Å². The van der Waals surface area contributed by atoms with E-state index in [9.17, 15) is 14.4 Å². The van der Waals surface area contributed by atoms with Crippen molar-refractivity contribution in [3.05, 3.63) is 39.8 Å². The minimum Gasteiger partial charge on any atom is -0.491 e. The van der Waals surface area contributed by atoms with Crippen molar-refractivity contribution in [1.82, 2.24) is 0 Å². The molecule has 0 aliphatic rings. The van der Waals surface area contributed by atoms with Crippen LogP contribution in [0.15, 0.2) is 18.2 Å². The minimum atomic E-state index is -0.623. The van der Waals surface area contributed by atoms with Crippen molar-refractivity contribution < 1.29 is 28.6 Å². The molecule has 0 saturated carbocycles. The fourth-order valence-electron chi connectivity index (χ4n) is 2.76. The average molecular weight is 463 g/mol. The molecule has 2 rings (SSSR count). The molecule has 174 valence electrons. The first-order valence-electron chi connectivity index (χ1n) is 10.5. The molecule has 0 spiro atoms. The Hall–Kier alpha value is -3.07. The lowest BCUT2D eigenvalue weighted by atomic mass is 10.1. The van der Waals surface area contributed by atoms with Crippen LogP contribution < -0.4 is 15.8 Å². The van der Waals surface area contributed by atoms with E-state index in [-0.39, 0.29) is 40.1 Å². The highest BCUT2D eigenvalue weighted by Crippen LogP contribution is 2.35. The van der Waals surface area contributed by atoms with Gasteiger partial charge in [0.05, 0.1) is 31.1 Å². The van der Waals surface area contributed by atoms with Crippen LogP contribution in [-0.2, 0) is 9.47 Å². The quantitative estimate of drug-likeness (QED) is 0.389. The topological polar surface area (TPSA) is 117 Å². The third-order valence-electron chi connectivity index (χ3n) is 4.32. The van der Waals surface area contributed by atoms with E-state index in [1.165, 1.54) is 6.07 Å². The molecule has 1 heterocycles. The monoisotopic (exact) mass is 462 g/mol. The molecular formula is C23H30N2O6S. The Morgan fingerprint density at radius 1 is 1.12 bits per heavy atom. The first-order valence-corrected chi connectivity index (χ1v) is 11.3. The van der Waals surface area contributed by atoms with Crippen LogP contribution in [0.2, 0.25) is 0 Å². The first-order chi connectivity index (χ1) is 15.2. The van der Waals surface area contributed by atoms with Gasteiger partial charge in [0.1, 0.15) is 15.6 Å². The Morgan fingerprint density at radius 3 is 2.44 bits per heavy atom. The van der Waals surface area contributed by atoms with Crippen molar-refractivity contribution in [3.63, 3.8) is 0 Å². The molecule has 32 heavy (non-hydrogen) atoms. The summed E-state index contributed by atoms with van der Waals surface area (Å²) in [5, 5.41) is 2.93. The van der Waals surface area contributed by atoms with E-state index < -0.39 is 17.8 Å². The Morgan fingerprint density at radius 2 is 1.84 bits per heavy atom. The maximum Gasteiger partial charge on any atom is 0.348 e. The number of amides is 1. The molecule has 9 heteroatoms. The standard InChI is InChI=1S/C23H30N2O6S/c1-6-10-30-17-9-8-15(11-16(17)24)20(26)25-21-18(22(27)29-7-2)14(5)19(32-21)23(28)31-12-13(3)4/h8-9,11,13H,6-7,10,12,24H2,1-5H3,(H,25,26). The zero-order valence-corrected chi connectivity index (χ0v) is 19.9. The van der Waals surface area contributed by atoms with E-state index in [1.807, 2.05) is 20.8 Å². The van der Waals surface area contributed by atoms with Gasteiger partial charge in [-0.15, -0.1) is 11.3 Å². The van der Waals surface area contributed by atoms with E-state index in [1.54, 1.807) is 26.0 Å². The lowest BCUT2D eigenvalue weighted by Crippen LogP contribution is -2.15. The van der Waals surface area contributed by atoms with Crippen molar-refractivity contribution in [3.8, 4) is 5.75 Å². The molecule has 3 N–H and O–H groups in total. The summed E-state index contributed by atoms with van der Waals surface area (Å²) in [5.41, 5.74) is 7.16. The predicted octanol–water partition coefficient (Wildman–Crippen LogP) is 4.67. The Balaban J connectivity index is 2.33. The van der Waals surface area contributed by atoms with Gasteiger partial charge in [0.2, 0.25) is 0 Å². The smallest absolute Gasteiger partial charge is 0.348 e. The van der Waals surface area contributed by atoms with Crippen LogP contribution >= 0.6 is 11.3 Å². The highest BCUT2D eigenvalue weighted by molar-refractivity contribution is 7.18. The van der Waals surface area contributed by atoms with Crippen LogP contribution in [0.25, 0.3) is 0 Å². The number of hydrogen-bond acceptors (Lipinski definition) is 8. The van der Waals surface area contributed by atoms with Gasteiger partial charge in [0.25, 0.3) is 5.91 Å². The summed E-state index contributed by atoms with van der Waals surface area (Å²) in [6.45, 7) is 10.1. The lowest BCUT2D eigenvalue weighted by Gasteiger charge is -2.10. The molecule has 0 saturated heterocycles. The molecule has 0 aliphatic heterocycles. The van der Waals surface area contributed by atoms with E-state index in [4.69, 9.17) is 19.9 Å². The summed E-state index contributed by atoms with van der Waals surface area (Å²) in [7, 11) is 0. The van der Waals surface area contributed by atoms with Gasteiger partial charge < -0.3 is 25.3 Å². The molecule has 1 aromatic heterocycles. The maximum absolute atomic E-state index is 12.9. The van der Waals surface area contributed by atoms with E-state index in [0.29, 0.717) is 23.6 Å². The second-order valence-electron chi connectivity index (χ2n) is 7.53. The minimum absolute atomic E-state index is 0.137. The van der Waals surface area contributed by atoms with Gasteiger partial charge in [-0.3, -0.25) is 4.79 Å². The van der Waals surface area contributed by atoms with Crippen LogP contribution in [-0.4, -0.2) is 37.7 Å². The molecule has 0 fully saturated rings. The molecule has 0 atom stereocenters. The molecule has 2 aromatic rings. The number of nitrogen functional groups attached to an aromatic ring is 1. The van der Waals surface area contributed by atoms with E-state index >= 15 is 0 Å². The largest absolute Gasteiger partial charge is 0.491 e. The van der Waals surface area contributed by atoms with E-state index in [2.05, 4.69) is 5.32 Å². The second-order valence-corrected chi connectivity index (χ2v) is 8.55. The van der Waals surface area contributed by atoms with Crippen molar-refractivity contribution in [2.45, 2.75) is 41.0 Å². The normalized spacial score (nSPS) is 10.7. The number of nitrogens with one attached hydrogen (secondary N) is 1. The third kappa shape index (κ3) is 6.23. The van der Waals surface area contributed by atoms with Gasteiger partial charge in [-0.1, -0.05) is 20.8 Å². The summed E-state index contributed by atoms with van der Waals surface area (Å²) in [4.78, 5) is 38.2. The van der Waals surface area contributed by atoms with Crippen LogP contribution in [0.1, 0.15) is 70.1 Å². The number of anilines is 2. The van der Waals surface area contributed by atoms with Crippen LogP contribution in [0.3, 0.4) is 0 Å². The highest BCUT2D eigenvalue weighted by Gasteiger charge is 2.28. The molecule has 1 aromatic carbocycles. The number of hydrogen-bond donors (Lipinski definition) is 2. The maximum atomic E-state index is 12.9. The number of thiophene rings is 1. The van der Waals surface area contributed by atoms with Crippen LogP contribution in [0.5, 0.6) is 5.75 Å². The van der Waals surface area contributed by atoms with Gasteiger partial charge in [-0.2, -0.15) is 0 Å². The van der Waals surface area contributed by atoms with Crippen LogP contribution in [0, 0.1) is 12.8 Å². The number of esters is 2. The fraction of sp³-hybridized carbons (Fsp3) is 0.435. The van der Waals surface area contributed by atoms with Crippen molar-refractivity contribution in [1.29, 1.82) is 0 Å². The summed E-state index contributed by atoms with van der Waals surface area (Å²) in [5.74, 6) is -0.987. The van der Waals surface area contributed by atoms with Gasteiger partial charge in [-0.05, 0) is 49.9 Å². The highest BCUT2D eigenvalue weighted by atomic mass is 32.1. The molecule has 1 amide bonds. The molecule has 0 bridgehead atoms. The second kappa shape index (κ2) is 11.5. The Bertz CT molecular complexity index is 983. The number of carbonyl (C=O) groups is 3. The molecule has 8 nitrogen and oxygen atoms in total. The van der Waals surface area contributed by atoms with Gasteiger partial charge in [-0.25, -0.2) is 9.59 Å². The first kappa shape index (κ1) is 25.2.